The lowest BCUT2D eigenvalue weighted by molar-refractivity contribution is -0.446. The third-order valence-electron chi connectivity index (χ3n) is 4.05. The van der Waals surface area contributed by atoms with Crippen LogP contribution in [0.4, 0.5) is 0 Å². The number of ether oxygens (including phenoxy) is 5. The van der Waals surface area contributed by atoms with Gasteiger partial charge in [-0.05, 0) is 35.9 Å². The molecule has 1 heterocycles. The van der Waals surface area contributed by atoms with E-state index in [1.807, 2.05) is 0 Å². The first-order valence-electron chi connectivity index (χ1n) is 6.72. The Morgan fingerprint density at radius 1 is 1.23 bits per heavy atom. The fourth-order valence-corrected chi connectivity index (χ4v) is 2.99. The highest BCUT2D eigenvalue weighted by Crippen LogP contribution is 2.43. The molecule has 0 aromatic carbocycles. The van der Waals surface area contributed by atoms with Crippen LogP contribution in [-0.2, 0) is 33.3 Å². The van der Waals surface area contributed by atoms with Crippen LogP contribution in [0.2, 0.25) is 0 Å². The van der Waals surface area contributed by atoms with Crippen molar-refractivity contribution in [2.45, 2.75) is 50.7 Å². The summed E-state index contributed by atoms with van der Waals surface area (Å²) in [6, 6.07) is 0. The van der Waals surface area contributed by atoms with Crippen molar-refractivity contribution < 1.29 is 33.3 Å². The zero-order valence-electron chi connectivity index (χ0n) is 13.0. The Morgan fingerprint density at radius 2 is 1.77 bits per heavy atom. The first kappa shape index (κ1) is 17.6. The molecule has 22 heavy (non-hydrogen) atoms. The molecular formula is C14H19BrO7. The van der Waals surface area contributed by atoms with Gasteiger partial charge in [-0.3, -0.25) is 9.59 Å². The third-order valence-corrected chi connectivity index (χ3v) is 4.70. The van der Waals surface area contributed by atoms with Crippen LogP contribution in [0.15, 0.2) is 10.6 Å². The van der Waals surface area contributed by atoms with Crippen molar-refractivity contribution in [3.8, 4) is 0 Å². The lowest BCUT2D eigenvalue weighted by atomic mass is 9.93. The molecule has 0 amide bonds. The summed E-state index contributed by atoms with van der Waals surface area (Å²) in [4.78, 5) is 23.6. The first-order chi connectivity index (χ1) is 10.2. The lowest BCUT2D eigenvalue weighted by Crippen LogP contribution is -2.69. The molecule has 5 atom stereocenters. The number of esters is 1. The summed E-state index contributed by atoms with van der Waals surface area (Å²) in [5.74, 6) is -3.38. The molecule has 0 N–H and O–H groups in total. The maximum Gasteiger partial charge on any atom is 0.303 e. The van der Waals surface area contributed by atoms with E-state index in [9.17, 15) is 9.59 Å². The van der Waals surface area contributed by atoms with E-state index in [4.69, 9.17) is 23.7 Å². The molecule has 0 aromatic heterocycles. The van der Waals surface area contributed by atoms with Gasteiger partial charge >= 0.3 is 5.97 Å². The molecule has 124 valence electrons. The molecule has 0 spiro atoms. The summed E-state index contributed by atoms with van der Waals surface area (Å²) in [5, 5.41) is 0. The van der Waals surface area contributed by atoms with E-state index in [1.165, 1.54) is 27.2 Å². The Balaban J connectivity index is 2.41. The normalized spacial score (nSPS) is 41.6. The SMILES string of the molecule is CO[C@]1(C)O[C@H]2[C@H](OC(C)=O)C=C(Br)C(=O)[C@@H]2O[C@@]1(C)OC. The third kappa shape index (κ3) is 2.74. The number of hydrogen-bond acceptors (Lipinski definition) is 7. The summed E-state index contributed by atoms with van der Waals surface area (Å²) in [6.45, 7) is 4.54. The minimum Gasteiger partial charge on any atom is -0.455 e. The number of fused-ring (bicyclic) bond motifs is 1. The molecule has 0 aromatic rings. The maximum atomic E-state index is 12.3. The van der Waals surface area contributed by atoms with Gasteiger partial charge in [-0.1, -0.05) is 0 Å². The summed E-state index contributed by atoms with van der Waals surface area (Å²) >= 11 is 3.16. The van der Waals surface area contributed by atoms with Crippen LogP contribution in [0.25, 0.3) is 0 Å². The molecule has 2 aliphatic rings. The van der Waals surface area contributed by atoms with Gasteiger partial charge < -0.3 is 23.7 Å². The smallest absolute Gasteiger partial charge is 0.303 e. The van der Waals surface area contributed by atoms with E-state index in [2.05, 4.69) is 15.9 Å². The Kier molecular flexibility index (Phi) is 4.79. The maximum absolute atomic E-state index is 12.3. The highest BCUT2D eigenvalue weighted by atomic mass is 79.9. The fraction of sp³-hybridized carbons (Fsp3) is 0.714. The molecule has 1 fully saturated rings. The molecule has 2 rings (SSSR count). The quantitative estimate of drug-likeness (QED) is 0.684. The van der Waals surface area contributed by atoms with Gasteiger partial charge in [0.2, 0.25) is 17.4 Å². The second kappa shape index (κ2) is 6.01. The van der Waals surface area contributed by atoms with Crippen molar-refractivity contribution in [2.75, 3.05) is 14.2 Å². The van der Waals surface area contributed by atoms with E-state index < -0.39 is 35.9 Å². The van der Waals surface area contributed by atoms with Crippen LogP contribution in [0.3, 0.4) is 0 Å². The zero-order chi connectivity index (χ0) is 16.7. The Morgan fingerprint density at radius 3 is 2.27 bits per heavy atom. The second-order valence-electron chi connectivity index (χ2n) is 5.37. The predicted octanol–water partition coefficient (Wildman–Crippen LogP) is 1.29. The fourth-order valence-electron chi connectivity index (χ4n) is 2.50. The monoisotopic (exact) mass is 378 g/mol. The molecular weight excluding hydrogens is 360 g/mol. The molecule has 8 heteroatoms. The van der Waals surface area contributed by atoms with Crippen molar-refractivity contribution in [2.24, 2.45) is 0 Å². The largest absolute Gasteiger partial charge is 0.455 e. The number of halogens is 1. The number of rotatable bonds is 3. The lowest BCUT2D eigenvalue weighted by Gasteiger charge is -2.53. The van der Waals surface area contributed by atoms with E-state index in [-0.39, 0.29) is 10.3 Å². The molecule has 1 saturated heterocycles. The van der Waals surface area contributed by atoms with Crippen LogP contribution in [0.5, 0.6) is 0 Å². The van der Waals surface area contributed by atoms with Crippen LogP contribution in [-0.4, -0.2) is 55.9 Å². The van der Waals surface area contributed by atoms with Gasteiger partial charge in [0.25, 0.3) is 0 Å². The van der Waals surface area contributed by atoms with Gasteiger partial charge in [-0.2, -0.15) is 0 Å². The van der Waals surface area contributed by atoms with E-state index in [1.54, 1.807) is 13.8 Å². The Bertz CT molecular complexity index is 519. The van der Waals surface area contributed by atoms with Crippen molar-refractivity contribution >= 4 is 27.7 Å². The van der Waals surface area contributed by atoms with Gasteiger partial charge in [0.15, 0.2) is 12.2 Å². The minimum absolute atomic E-state index is 0.267. The van der Waals surface area contributed by atoms with Gasteiger partial charge in [-0.15, -0.1) is 0 Å². The van der Waals surface area contributed by atoms with Crippen LogP contribution < -0.4 is 0 Å². The molecule has 7 nitrogen and oxygen atoms in total. The van der Waals surface area contributed by atoms with Crippen LogP contribution >= 0.6 is 15.9 Å². The second-order valence-corrected chi connectivity index (χ2v) is 6.23. The van der Waals surface area contributed by atoms with Crippen LogP contribution in [0.1, 0.15) is 20.8 Å². The van der Waals surface area contributed by atoms with E-state index in [0.29, 0.717) is 0 Å². The highest BCUT2D eigenvalue weighted by molar-refractivity contribution is 9.12. The molecule has 0 unspecified atom stereocenters. The Hall–Kier alpha value is -0.800. The van der Waals surface area contributed by atoms with Crippen molar-refractivity contribution in [1.29, 1.82) is 0 Å². The molecule has 0 bridgehead atoms. The molecule has 0 saturated carbocycles. The highest BCUT2D eigenvalue weighted by Gasteiger charge is 2.61. The number of methoxy groups -OCH3 is 2. The van der Waals surface area contributed by atoms with Crippen molar-refractivity contribution in [3.63, 3.8) is 0 Å². The number of ketones is 1. The number of hydrogen-bond donors (Lipinski definition) is 0. The molecule has 1 aliphatic heterocycles. The van der Waals surface area contributed by atoms with Gasteiger partial charge in [0.05, 0.1) is 4.48 Å². The predicted molar refractivity (Wildman–Crippen MR) is 78.1 cm³/mol. The van der Waals surface area contributed by atoms with E-state index >= 15 is 0 Å². The van der Waals surface area contributed by atoms with E-state index in [0.717, 1.165) is 0 Å². The summed E-state index contributed by atoms with van der Waals surface area (Å²) in [6.07, 6.45) is -1.09. The van der Waals surface area contributed by atoms with Gasteiger partial charge in [0.1, 0.15) is 6.10 Å². The summed E-state index contributed by atoms with van der Waals surface area (Å²) in [5.41, 5.74) is 0. The standard InChI is InChI=1S/C14H19BrO7/c1-7(16)20-9-6-8(15)10(17)12-11(9)21-13(2,18-4)14(3,19-5)22-12/h6,9,11-12H,1-5H3/t9-,11+,12+,13-,14-/m1/s1. The summed E-state index contributed by atoms with van der Waals surface area (Å²) < 4.78 is 28.0. The number of carbonyl (C=O) groups is 2. The summed E-state index contributed by atoms with van der Waals surface area (Å²) in [7, 11) is 2.88. The Labute approximate surface area is 137 Å². The number of carbonyl (C=O) groups excluding carboxylic acids is 2. The molecule has 0 radical (unpaired) electrons. The zero-order valence-corrected chi connectivity index (χ0v) is 14.6. The first-order valence-corrected chi connectivity index (χ1v) is 7.51. The van der Waals surface area contributed by atoms with Crippen LogP contribution in [0, 0.1) is 0 Å². The molecule has 1 aliphatic carbocycles. The average Bonchev–Trinajstić information content (AvgIpc) is 2.46. The van der Waals surface area contributed by atoms with Gasteiger partial charge in [0, 0.05) is 21.1 Å². The minimum atomic E-state index is -1.30. The van der Waals surface area contributed by atoms with Gasteiger partial charge in [-0.25, -0.2) is 0 Å². The van der Waals surface area contributed by atoms with Crippen molar-refractivity contribution in [1.82, 2.24) is 0 Å². The topological polar surface area (TPSA) is 80.3 Å². The average molecular weight is 379 g/mol. The number of Topliss-reactive ketones (excluding diaryl/α,β-unsaturated/α-hetero) is 1. The van der Waals surface area contributed by atoms with Crippen molar-refractivity contribution in [3.05, 3.63) is 10.6 Å².